The van der Waals surface area contributed by atoms with Crippen molar-refractivity contribution in [1.29, 1.82) is 0 Å². The smallest absolute Gasteiger partial charge is 0.480 e. The van der Waals surface area contributed by atoms with Gasteiger partial charge in [0.1, 0.15) is 5.75 Å². The monoisotopic (exact) mass is 340 g/mol. The molecule has 23 heavy (non-hydrogen) atoms. The summed E-state index contributed by atoms with van der Waals surface area (Å²) >= 11 is 0. The minimum atomic E-state index is -4.68. The van der Waals surface area contributed by atoms with Gasteiger partial charge in [-0.15, -0.1) is 0 Å². The van der Waals surface area contributed by atoms with Crippen LogP contribution in [0.2, 0.25) is 0 Å². The molecule has 0 saturated heterocycles. The number of hydrogen-bond donors (Lipinski definition) is 3. The van der Waals surface area contributed by atoms with Crippen LogP contribution in [-0.2, 0) is 16.2 Å². The molecule has 3 N–H and O–H groups in total. The van der Waals surface area contributed by atoms with Gasteiger partial charge in [0.05, 0.1) is 0 Å². The van der Waals surface area contributed by atoms with Gasteiger partial charge in [-0.3, -0.25) is 0 Å². The highest BCUT2D eigenvalue weighted by Gasteiger charge is 2.39. The van der Waals surface area contributed by atoms with E-state index in [4.69, 9.17) is 4.43 Å². The Morgan fingerprint density at radius 3 is 1.26 bits per heavy atom. The van der Waals surface area contributed by atoms with Crippen LogP contribution in [0.1, 0.15) is 79.0 Å². The highest BCUT2D eigenvalue weighted by atomic mass is 28.4. The molecule has 0 bridgehead atoms. The standard InChI is InChI=1S/C18H32O4Si/c1-16(2,3)12-10-13(17(4,5)6)15(22-23(19,20)21)14(11-12)18(7,8)9/h10-11,19-21H,1-9H3. The Balaban J connectivity index is 3.82. The first-order valence-electron chi connectivity index (χ1n) is 7.98. The van der Waals surface area contributed by atoms with Crippen molar-refractivity contribution in [3.05, 3.63) is 28.8 Å². The van der Waals surface area contributed by atoms with Crippen molar-refractivity contribution in [1.82, 2.24) is 0 Å². The molecule has 0 unspecified atom stereocenters. The average molecular weight is 341 g/mol. The van der Waals surface area contributed by atoms with Crippen LogP contribution in [0.4, 0.5) is 0 Å². The molecule has 0 atom stereocenters. The zero-order valence-corrected chi connectivity index (χ0v) is 16.9. The number of benzene rings is 1. The zero-order chi connectivity index (χ0) is 18.4. The summed E-state index contributed by atoms with van der Waals surface area (Å²) in [6.07, 6.45) is 0. The maximum absolute atomic E-state index is 9.51. The van der Waals surface area contributed by atoms with Gasteiger partial charge < -0.3 is 18.8 Å². The van der Waals surface area contributed by atoms with Crippen LogP contribution in [0.3, 0.4) is 0 Å². The van der Waals surface area contributed by atoms with E-state index in [0.717, 1.165) is 16.7 Å². The molecular weight excluding hydrogens is 308 g/mol. The predicted molar refractivity (Wildman–Crippen MR) is 95.6 cm³/mol. The largest absolute Gasteiger partial charge is 0.741 e. The molecule has 0 amide bonds. The predicted octanol–water partition coefficient (Wildman–Crippen LogP) is 3.37. The van der Waals surface area contributed by atoms with Gasteiger partial charge in [0.15, 0.2) is 0 Å². The molecule has 0 aliphatic carbocycles. The van der Waals surface area contributed by atoms with E-state index in [1.165, 1.54) is 0 Å². The van der Waals surface area contributed by atoms with Gasteiger partial charge in [0.25, 0.3) is 0 Å². The van der Waals surface area contributed by atoms with Gasteiger partial charge in [-0.25, -0.2) is 0 Å². The van der Waals surface area contributed by atoms with Crippen LogP contribution in [0.5, 0.6) is 5.75 Å². The lowest BCUT2D eigenvalue weighted by atomic mass is 9.75. The molecule has 0 aromatic heterocycles. The van der Waals surface area contributed by atoms with E-state index in [9.17, 15) is 14.4 Å². The van der Waals surface area contributed by atoms with Crippen LogP contribution < -0.4 is 4.43 Å². The fraction of sp³-hybridized carbons (Fsp3) is 0.667. The molecular formula is C18H32O4Si. The normalized spacial score (nSPS) is 14.1. The summed E-state index contributed by atoms with van der Waals surface area (Å²) in [5.74, 6) is 0.386. The molecule has 1 rings (SSSR count). The summed E-state index contributed by atoms with van der Waals surface area (Å²) in [5, 5.41) is 0. The quantitative estimate of drug-likeness (QED) is 0.722. The Kier molecular flexibility index (Phi) is 5.16. The molecule has 1 aromatic rings. The van der Waals surface area contributed by atoms with E-state index in [-0.39, 0.29) is 16.2 Å². The summed E-state index contributed by atoms with van der Waals surface area (Å²) in [5.41, 5.74) is 2.30. The molecule has 0 aliphatic heterocycles. The summed E-state index contributed by atoms with van der Waals surface area (Å²) in [6.45, 7) is 18.7. The molecule has 0 radical (unpaired) electrons. The van der Waals surface area contributed by atoms with Crippen LogP contribution >= 0.6 is 0 Å². The third-order valence-corrected chi connectivity index (χ3v) is 4.29. The van der Waals surface area contributed by atoms with E-state index >= 15 is 0 Å². The zero-order valence-electron chi connectivity index (χ0n) is 15.9. The lowest BCUT2D eigenvalue weighted by Gasteiger charge is -2.33. The highest BCUT2D eigenvalue weighted by molar-refractivity contribution is 6.49. The Bertz CT molecular complexity index is 532. The van der Waals surface area contributed by atoms with E-state index < -0.39 is 9.05 Å². The minimum Gasteiger partial charge on any atom is -0.480 e. The molecule has 1 aromatic carbocycles. The molecule has 0 spiro atoms. The third kappa shape index (κ3) is 5.31. The van der Waals surface area contributed by atoms with Crippen molar-refractivity contribution >= 4 is 9.05 Å². The maximum Gasteiger partial charge on any atom is 0.741 e. The van der Waals surface area contributed by atoms with Gasteiger partial charge in [0.2, 0.25) is 0 Å². The summed E-state index contributed by atoms with van der Waals surface area (Å²) in [6, 6.07) is 4.09. The van der Waals surface area contributed by atoms with Gasteiger partial charge >= 0.3 is 9.05 Å². The Hall–Kier alpha value is -0.883. The van der Waals surface area contributed by atoms with Crippen molar-refractivity contribution in [3.63, 3.8) is 0 Å². The van der Waals surface area contributed by atoms with Crippen molar-refractivity contribution in [2.45, 2.75) is 78.6 Å². The van der Waals surface area contributed by atoms with E-state index in [1.807, 2.05) is 53.7 Å². The molecule has 132 valence electrons. The topological polar surface area (TPSA) is 69.9 Å². The lowest BCUT2D eigenvalue weighted by Crippen LogP contribution is -2.44. The lowest BCUT2D eigenvalue weighted by molar-refractivity contribution is 0.126. The highest BCUT2D eigenvalue weighted by Crippen LogP contribution is 2.43. The number of rotatable bonds is 2. The fourth-order valence-corrected chi connectivity index (χ4v) is 2.92. The summed E-state index contributed by atoms with van der Waals surface area (Å²) in [7, 11) is -4.68. The average Bonchev–Trinajstić information content (AvgIpc) is 2.21. The van der Waals surface area contributed by atoms with Gasteiger partial charge in [-0.05, 0) is 32.9 Å². The Morgan fingerprint density at radius 2 is 1.04 bits per heavy atom. The molecule has 0 fully saturated rings. The molecule has 4 nitrogen and oxygen atoms in total. The van der Waals surface area contributed by atoms with Crippen LogP contribution in [0, 0.1) is 0 Å². The molecule has 0 aliphatic rings. The SMILES string of the molecule is CC(C)(C)c1cc(C(C)(C)C)c(O[Si](O)(O)O)c(C(C)(C)C)c1. The second-order valence-corrected chi connectivity index (χ2v) is 10.7. The third-order valence-electron chi connectivity index (χ3n) is 3.81. The van der Waals surface area contributed by atoms with Crippen molar-refractivity contribution in [3.8, 4) is 5.75 Å². The van der Waals surface area contributed by atoms with Crippen LogP contribution in [0.25, 0.3) is 0 Å². The van der Waals surface area contributed by atoms with Gasteiger partial charge in [-0.1, -0.05) is 74.4 Å². The molecule has 0 saturated carbocycles. The van der Waals surface area contributed by atoms with Gasteiger partial charge in [0, 0.05) is 0 Å². The molecule has 5 heteroatoms. The first-order valence-corrected chi connectivity index (χ1v) is 9.73. The number of hydrogen-bond acceptors (Lipinski definition) is 4. The summed E-state index contributed by atoms with van der Waals surface area (Å²) < 4.78 is 5.29. The van der Waals surface area contributed by atoms with Crippen molar-refractivity contribution in [2.24, 2.45) is 0 Å². The van der Waals surface area contributed by atoms with E-state index in [1.54, 1.807) is 0 Å². The van der Waals surface area contributed by atoms with Crippen LogP contribution in [0.15, 0.2) is 12.1 Å². The Labute approximate surface area is 141 Å². The maximum atomic E-state index is 9.51. The first-order chi connectivity index (χ1) is 9.93. The molecule has 0 heterocycles. The second kappa shape index (κ2) is 5.88. The van der Waals surface area contributed by atoms with Crippen molar-refractivity contribution in [2.75, 3.05) is 0 Å². The minimum absolute atomic E-state index is 0.0509. The van der Waals surface area contributed by atoms with E-state index in [0.29, 0.717) is 5.75 Å². The second-order valence-electron chi connectivity index (χ2n) is 9.33. The summed E-state index contributed by atoms with van der Waals surface area (Å²) in [4.78, 5) is 28.5. The first kappa shape index (κ1) is 20.2. The van der Waals surface area contributed by atoms with Crippen LogP contribution in [-0.4, -0.2) is 23.4 Å². The Morgan fingerprint density at radius 1 is 0.696 bits per heavy atom. The fourth-order valence-electron chi connectivity index (χ4n) is 2.42. The van der Waals surface area contributed by atoms with Gasteiger partial charge in [-0.2, -0.15) is 0 Å². The van der Waals surface area contributed by atoms with E-state index in [2.05, 4.69) is 20.8 Å². The van der Waals surface area contributed by atoms with Crippen molar-refractivity contribution < 1.29 is 18.8 Å².